The van der Waals surface area contributed by atoms with Crippen LogP contribution in [0.15, 0.2) is 53.3 Å². The van der Waals surface area contributed by atoms with Gasteiger partial charge in [-0.15, -0.1) is 0 Å². The van der Waals surface area contributed by atoms with Gasteiger partial charge in [0.2, 0.25) is 5.91 Å². The van der Waals surface area contributed by atoms with Crippen LogP contribution in [-0.2, 0) is 21.5 Å². The van der Waals surface area contributed by atoms with Crippen molar-refractivity contribution in [2.75, 3.05) is 5.32 Å². The number of anilines is 1. The molecule has 0 saturated carbocycles. The molecule has 2 N–H and O–H groups in total. The molecule has 28 heavy (non-hydrogen) atoms. The van der Waals surface area contributed by atoms with Crippen molar-refractivity contribution in [2.45, 2.75) is 38.6 Å². The molecule has 0 radical (unpaired) electrons. The molecule has 2 heterocycles. The fourth-order valence-corrected chi connectivity index (χ4v) is 2.58. The molecule has 146 valence electrons. The Hall–Kier alpha value is -3.42. The van der Waals surface area contributed by atoms with Gasteiger partial charge in [-0.2, -0.15) is 5.10 Å². The summed E-state index contributed by atoms with van der Waals surface area (Å²) in [5.74, 6) is 0.105. The van der Waals surface area contributed by atoms with Crippen molar-refractivity contribution in [3.8, 4) is 11.3 Å². The minimum absolute atomic E-state index is 0.178. The minimum Gasteiger partial charge on any atom is -0.479 e. The third kappa shape index (κ3) is 4.46. The van der Waals surface area contributed by atoms with Gasteiger partial charge in [0.1, 0.15) is 0 Å². The number of carbonyl (C=O) groups is 2. The van der Waals surface area contributed by atoms with E-state index in [9.17, 15) is 14.7 Å². The summed E-state index contributed by atoms with van der Waals surface area (Å²) >= 11 is 0. The van der Waals surface area contributed by atoms with Gasteiger partial charge in [-0.05, 0) is 20.3 Å². The number of carboxylic acid groups (broad SMARTS) is 1. The van der Waals surface area contributed by atoms with Crippen molar-refractivity contribution >= 4 is 17.6 Å². The number of oxazole rings is 1. The van der Waals surface area contributed by atoms with Crippen LogP contribution in [0.2, 0.25) is 0 Å². The Morgan fingerprint density at radius 3 is 2.68 bits per heavy atom. The Morgan fingerprint density at radius 2 is 1.96 bits per heavy atom. The molecule has 3 rings (SSSR count). The summed E-state index contributed by atoms with van der Waals surface area (Å²) in [6.45, 7) is 3.07. The first-order chi connectivity index (χ1) is 13.4. The monoisotopic (exact) mass is 382 g/mol. The van der Waals surface area contributed by atoms with Crippen LogP contribution in [0.1, 0.15) is 32.6 Å². The third-order valence-corrected chi connectivity index (χ3v) is 4.37. The van der Waals surface area contributed by atoms with Crippen molar-refractivity contribution in [1.29, 1.82) is 0 Å². The first kappa shape index (κ1) is 19.3. The number of nitrogens with zero attached hydrogens (tertiary/aromatic N) is 3. The lowest BCUT2D eigenvalue weighted by molar-refractivity contribution is -0.146. The smallest absolute Gasteiger partial charge is 0.331 e. The highest BCUT2D eigenvalue weighted by atomic mass is 16.4. The number of carbonyl (C=O) groups excluding carboxylic acids is 1. The van der Waals surface area contributed by atoms with Gasteiger partial charge in [-0.1, -0.05) is 30.3 Å². The molecule has 0 saturated heterocycles. The van der Waals surface area contributed by atoms with E-state index in [1.165, 1.54) is 30.9 Å². The van der Waals surface area contributed by atoms with Gasteiger partial charge in [0.05, 0.1) is 18.1 Å². The van der Waals surface area contributed by atoms with Gasteiger partial charge in [0.25, 0.3) is 0 Å². The van der Waals surface area contributed by atoms with Crippen molar-refractivity contribution in [1.82, 2.24) is 14.8 Å². The number of aryl methyl sites for hydroxylation is 1. The largest absolute Gasteiger partial charge is 0.479 e. The van der Waals surface area contributed by atoms with E-state index in [2.05, 4.69) is 15.4 Å². The molecule has 0 spiro atoms. The van der Waals surface area contributed by atoms with Gasteiger partial charge < -0.3 is 14.8 Å². The standard InChI is InChI=1S/C20H22N4O4/c1-20(2,19(26)27)24-13-15(11-22-24)23-17(25)9-6-10-18-21-12-16(28-18)14-7-4-3-5-8-14/h3-5,7-8,11-13H,6,9-10H2,1-2H3,(H,23,25)(H,26,27). The van der Waals surface area contributed by atoms with E-state index in [1.807, 2.05) is 30.3 Å². The lowest BCUT2D eigenvalue weighted by Gasteiger charge is -2.19. The maximum atomic E-state index is 12.1. The summed E-state index contributed by atoms with van der Waals surface area (Å²) in [4.78, 5) is 27.6. The zero-order valence-electron chi connectivity index (χ0n) is 15.8. The number of rotatable bonds is 8. The van der Waals surface area contributed by atoms with Crippen LogP contribution >= 0.6 is 0 Å². The molecule has 0 aliphatic heterocycles. The molecule has 0 aliphatic carbocycles. The number of hydrogen-bond acceptors (Lipinski definition) is 5. The van der Waals surface area contributed by atoms with Crippen molar-refractivity contribution in [3.63, 3.8) is 0 Å². The highest BCUT2D eigenvalue weighted by molar-refractivity contribution is 5.90. The fraction of sp³-hybridized carbons (Fsp3) is 0.300. The summed E-state index contributed by atoms with van der Waals surface area (Å²) in [6.07, 6.45) is 6.04. The van der Waals surface area contributed by atoms with E-state index < -0.39 is 11.5 Å². The van der Waals surface area contributed by atoms with Crippen LogP contribution in [0.3, 0.4) is 0 Å². The van der Waals surface area contributed by atoms with E-state index in [4.69, 9.17) is 4.42 Å². The third-order valence-electron chi connectivity index (χ3n) is 4.37. The molecule has 1 amide bonds. The summed E-state index contributed by atoms with van der Waals surface area (Å²) in [5.41, 5.74) is 0.229. The maximum absolute atomic E-state index is 12.1. The molecule has 8 nitrogen and oxygen atoms in total. The molecular weight excluding hydrogens is 360 g/mol. The molecule has 0 fully saturated rings. The topological polar surface area (TPSA) is 110 Å². The predicted octanol–water partition coefficient (Wildman–Crippen LogP) is 3.32. The van der Waals surface area contributed by atoms with E-state index in [0.717, 1.165) is 5.56 Å². The number of amides is 1. The van der Waals surface area contributed by atoms with Gasteiger partial charge >= 0.3 is 5.97 Å². The maximum Gasteiger partial charge on any atom is 0.331 e. The van der Waals surface area contributed by atoms with Crippen LogP contribution in [0.25, 0.3) is 11.3 Å². The molecule has 0 atom stereocenters. The molecular formula is C20H22N4O4. The predicted molar refractivity (Wildman–Crippen MR) is 103 cm³/mol. The Morgan fingerprint density at radius 1 is 1.21 bits per heavy atom. The van der Waals surface area contributed by atoms with Crippen molar-refractivity contribution in [3.05, 3.63) is 54.8 Å². The van der Waals surface area contributed by atoms with Crippen molar-refractivity contribution in [2.24, 2.45) is 0 Å². The van der Waals surface area contributed by atoms with Crippen LogP contribution < -0.4 is 5.32 Å². The second kappa shape index (κ2) is 8.08. The number of aliphatic carboxylic acids is 1. The Labute approximate surface area is 162 Å². The zero-order valence-corrected chi connectivity index (χ0v) is 15.8. The number of carboxylic acids is 1. The number of benzene rings is 1. The number of nitrogens with one attached hydrogen (secondary N) is 1. The van der Waals surface area contributed by atoms with E-state index in [1.54, 1.807) is 6.20 Å². The van der Waals surface area contributed by atoms with Gasteiger partial charge in [0.15, 0.2) is 17.2 Å². The quantitative estimate of drug-likeness (QED) is 0.618. The summed E-state index contributed by atoms with van der Waals surface area (Å²) in [6, 6.07) is 9.70. The molecule has 2 aromatic heterocycles. The molecule has 3 aromatic rings. The Balaban J connectivity index is 1.49. The van der Waals surface area contributed by atoms with Crippen LogP contribution in [0.4, 0.5) is 5.69 Å². The van der Waals surface area contributed by atoms with Crippen molar-refractivity contribution < 1.29 is 19.1 Å². The average molecular weight is 382 g/mol. The molecule has 1 aromatic carbocycles. The molecule has 0 unspecified atom stereocenters. The van der Waals surface area contributed by atoms with Crippen LogP contribution in [0.5, 0.6) is 0 Å². The van der Waals surface area contributed by atoms with E-state index in [-0.39, 0.29) is 12.3 Å². The van der Waals surface area contributed by atoms with E-state index >= 15 is 0 Å². The summed E-state index contributed by atoms with van der Waals surface area (Å²) < 4.78 is 7.03. The normalized spacial score (nSPS) is 11.4. The number of hydrogen-bond donors (Lipinski definition) is 2. The van der Waals surface area contributed by atoms with Crippen LogP contribution in [-0.4, -0.2) is 31.7 Å². The van der Waals surface area contributed by atoms with Crippen LogP contribution in [0, 0.1) is 0 Å². The molecule has 0 aliphatic rings. The lowest BCUT2D eigenvalue weighted by atomic mass is 10.1. The molecule has 8 heteroatoms. The summed E-state index contributed by atoms with van der Waals surface area (Å²) in [7, 11) is 0. The Bertz CT molecular complexity index is 960. The number of aromatic nitrogens is 3. The highest BCUT2D eigenvalue weighted by Crippen LogP contribution is 2.21. The second-order valence-electron chi connectivity index (χ2n) is 6.92. The lowest BCUT2D eigenvalue weighted by Crippen LogP contribution is -2.35. The minimum atomic E-state index is -1.19. The zero-order chi connectivity index (χ0) is 20.1. The highest BCUT2D eigenvalue weighted by Gasteiger charge is 2.30. The van der Waals surface area contributed by atoms with Gasteiger partial charge in [0, 0.05) is 24.6 Å². The first-order valence-corrected chi connectivity index (χ1v) is 8.95. The Kier molecular flexibility index (Phi) is 5.58. The van der Waals surface area contributed by atoms with Gasteiger partial charge in [-0.25, -0.2) is 9.78 Å². The molecule has 0 bridgehead atoms. The fourth-order valence-electron chi connectivity index (χ4n) is 2.58. The SMILES string of the molecule is CC(C)(C(=O)O)n1cc(NC(=O)CCCc2ncc(-c3ccccc3)o2)cn1. The summed E-state index contributed by atoms with van der Waals surface area (Å²) in [5, 5.41) is 16.0. The van der Waals surface area contributed by atoms with E-state index in [0.29, 0.717) is 30.2 Å². The first-order valence-electron chi connectivity index (χ1n) is 8.95. The second-order valence-corrected chi connectivity index (χ2v) is 6.92. The van der Waals surface area contributed by atoms with Gasteiger partial charge in [-0.3, -0.25) is 9.48 Å². The average Bonchev–Trinajstić information content (AvgIpc) is 3.32.